The van der Waals surface area contributed by atoms with Crippen LogP contribution in [-0.2, 0) is 14.3 Å². The molecule has 1 fully saturated rings. The zero-order valence-corrected chi connectivity index (χ0v) is 15.2. The first-order valence-electron chi connectivity index (χ1n) is 9.00. The molecule has 1 N–H and O–H groups in total. The average molecular weight is 345 g/mol. The van der Waals surface area contributed by atoms with E-state index in [0.717, 1.165) is 37.7 Å². The standard InChI is InChI=1S/C20H27NO4/c1-13(2)25-20(24)17(18(22)15-7-5-4-6-8-15)21-19(23)16-11-9-14(3)10-12-16/h9-13,15,17H,4-8H2,1-3H3,(H,21,23). The fourth-order valence-electron chi connectivity index (χ4n) is 3.09. The van der Waals surface area contributed by atoms with Crippen molar-refractivity contribution in [1.82, 2.24) is 5.32 Å². The molecule has 2 rings (SSSR count). The molecule has 5 nitrogen and oxygen atoms in total. The summed E-state index contributed by atoms with van der Waals surface area (Å²) < 4.78 is 5.21. The van der Waals surface area contributed by atoms with Crippen LogP contribution in [0.1, 0.15) is 61.9 Å². The summed E-state index contributed by atoms with van der Waals surface area (Å²) in [4.78, 5) is 37.7. The van der Waals surface area contributed by atoms with Crippen molar-refractivity contribution in [3.8, 4) is 0 Å². The van der Waals surface area contributed by atoms with Crippen LogP contribution in [0.15, 0.2) is 24.3 Å². The molecule has 25 heavy (non-hydrogen) atoms. The van der Waals surface area contributed by atoms with Gasteiger partial charge in [0.15, 0.2) is 11.8 Å². The third-order valence-corrected chi connectivity index (χ3v) is 4.47. The zero-order chi connectivity index (χ0) is 18.4. The highest BCUT2D eigenvalue weighted by Crippen LogP contribution is 2.25. The summed E-state index contributed by atoms with van der Waals surface area (Å²) in [5.41, 5.74) is 1.45. The predicted octanol–water partition coefficient (Wildman–Crippen LogP) is 3.19. The Hall–Kier alpha value is -2.17. The third kappa shape index (κ3) is 5.41. The van der Waals surface area contributed by atoms with Gasteiger partial charge in [0.25, 0.3) is 5.91 Å². The minimum Gasteiger partial charge on any atom is -0.461 e. The number of rotatable bonds is 6. The van der Waals surface area contributed by atoms with Crippen LogP contribution in [0.3, 0.4) is 0 Å². The first-order chi connectivity index (χ1) is 11.9. The fourth-order valence-corrected chi connectivity index (χ4v) is 3.09. The van der Waals surface area contributed by atoms with E-state index in [4.69, 9.17) is 4.74 Å². The Morgan fingerprint density at radius 3 is 2.20 bits per heavy atom. The van der Waals surface area contributed by atoms with Crippen molar-refractivity contribution in [3.05, 3.63) is 35.4 Å². The summed E-state index contributed by atoms with van der Waals surface area (Å²) in [6, 6.07) is 5.76. The summed E-state index contributed by atoms with van der Waals surface area (Å²) in [6.45, 7) is 5.38. The van der Waals surface area contributed by atoms with Gasteiger partial charge in [-0.1, -0.05) is 37.0 Å². The molecule has 0 bridgehead atoms. The molecule has 5 heteroatoms. The van der Waals surface area contributed by atoms with Crippen LogP contribution in [-0.4, -0.2) is 29.8 Å². The van der Waals surface area contributed by atoms with Gasteiger partial charge in [0.05, 0.1) is 6.10 Å². The molecule has 0 heterocycles. The number of benzene rings is 1. The maximum atomic E-state index is 12.8. The summed E-state index contributed by atoms with van der Waals surface area (Å²) in [6.07, 6.45) is 4.27. The van der Waals surface area contributed by atoms with E-state index in [9.17, 15) is 14.4 Å². The predicted molar refractivity (Wildman–Crippen MR) is 95.2 cm³/mol. The van der Waals surface area contributed by atoms with Gasteiger partial charge in [-0.05, 0) is 45.7 Å². The Morgan fingerprint density at radius 1 is 1.04 bits per heavy atom. The van der Waals surface area contributed by atoms with E-state index >= 15 is 0 Å². The highest BCUT2D eigenvalue weighted by molar-refractivity contribution is 6.09. The van der Waals surface area contributed by atoms with Gasteiger partial charge in [0.1, 0.15) is 0 Å². The van der Waals surface area contributed by atoms with Gasteiger partial charge in [-0.2, -0.15) is 0 Å². The molecule has 0 aliphatic heterocycles. The number of carbonyl (C=O) groups is 3. The Morgan fingerprint density at radius 2 is 1.64 bits per heavy atom. The Kier molecular flexibility index (Phi) is 6.73. The molecule has 0 radical (unpaired) electrons. The SMILES string of the molecule is Cc1ccc(C(=O)NC(C(=O)OC(C)C)C(=O)C2CCCCC2)cc1. The van der Waals surface area contributed by atoms with Gasteiger partial charge in [-0.3, -0.25) is 9.59 Å². The second kappa shape index (κ2) is 8.79. The molecular weight excluding hydrogens is 318 g/mol. The minimum absolute atomic E-state index is 0.184. The quantitative estimate of drug-likeness (QED) is 0.635. The number of esters is 1. The Bertz CT molecular complexity index is 615. The monoisotopic (exact) mass is 345 g/mol. The number of ether oxygens (including phenoxy) is 1. The van der Waals surface area contributed by atoms with Crippen molar-refractivity contribution < 1.29 is 19.1 Å². The molecule has 136 valence electrons. The molecule has 1 unspecified atom stereocenters. The van der Waals surface area contributed by atoms with Crippen molar-refractivity contribution in [2.24, 2.45) is 5.92 Å². The second-order valence-corrected chi connectivity index (χ2v) is 7.00. The second-order valence-electron chi connectivity index (χ2n) is 7.00. The van der Waals surface area contributed by atoms with E-state index in [0.29, 0.717) is 5.56 Å². The number of hydrogen-bond acceptors (Lipinski definition) is 4. The number of ketones is 1. The summed E-state index contributed by atoms with van der Waals surface area (Å²) in [5, 5.41) is 2.59. The van der Waals surface area contributed by atoms with E-state index in [1.807, 2.05) is 19.1 Å². The lowest BCUT2D eigenvalue weighted by Crippen LogP contribution is -2.50. The highest BCUT2D eigenvalue weighted by Gasteiger charge is 2.35. The molecule has 1 saturated carbocycles. The lowest BCUT2D eigenvalue weighted by Gasteiger charge is -2.25. The number of hydrogen-bond donors (Lipinski definition) is 1. The van der Waals surface area contributed by atoms with Crippen molar-refractivity contribution in [3.63, 3.8) is 0 Å². The van der Waals surface area contributed by atoms with Crippen molar-refractivity contribution >= 4 is 17.7 Å². The smallest absolute Gasteiger partial charge is 0.336 e. The molecule has 1 aromatic rings. The lowest BCUT2D eigenvalue weighted by atomic mass is 9.83. The number of aryl methyl sites for hydroxylation is 1. The van der Waals surface area contributed by atoms with E-state index in [1.54, 1.807) is 26.0 Å². The number of Topliss-reactive ketones (excluding diaryl/α,β-unsaturated/α-hetero) is 1. The maximum Gasteiger partial charge on any atom is 0.336 e. The van der Waals surface area contributed by atoms with Crippen molar-refractivity contribution in [2.45, 2.75) is 65.0 Å². The summed E-state index contributed by atoms with van der Waals surface area (Å²) in [7, 11) is 0. The number of nitrogens with one attached hydrogen (secondary N) is 1. The van der Waals surface area contributed by atoms with Gasteiger partial charge in [-0.25, -0.2) is 4.79 Å². The third-order valence-electron chi connectivity index (χ3n) is 4.47. The molecule has 0 saturated heterocycles. The fraction of sp³-hybridized carbons (Fsp3) is 0.550. The molecule has 1 amide bonds. The average Bonchev–Trinajstić information content (AvgIpc) is 2.59. The largest absolute Gasteiger partial charge is 0.461 e. The Balaban J connectivity index is 2.15. The first-order valence-corrected chi connectivity index (χ1v) is 9.00. The van der Waals surface area contributed by atoms with Crippen LogP contribution < -0.4 is 5.32 Å². The molecule has 0 aromatic heterocycles. The van der Waals surface area contributed by atoms with Crippen LogP contribution in [0, 0.1) is 12.8 Å². The minimum atomic E-state index is -1.24. The van der Waals surface area contributed by atoms with Gasteiger partial charge < -0.3 is 10.1 Å². The Labute approximate surface area is 149 Å². The van der Waals surface area contributed by atoms with E-state index in [2.05, 4.69) is 5.32 Å². The van der Waals surface area contributed by atoms with Crippen molar-refractivity contribution in [2.75, 3.05) is 0 Å². The van der Waals surface area contributed by atoms with E-state index in [1.165, 1.54) is 0 Å². The molecule has 1 atom stereocenters. The normalized spacial score (nSPS) is 16.3. The van der Waals surface area contributed by atoms with Crippen LogP contribution in [0.25, 0.3) is 0 Å². The van der Waals surface area contributed by atoms with Crippen molar-refractivity contribution in [1.29, 1.82) is 0 Å². The topological polar surface area (TPSA) is 72.5 Å². The van der Waals surface area contributed by atoms with Crippen LogP contribution in [0.4, 0.5) is 0 Å². The molecule has 1 aromatic carbocycles. The van der Waals surface area contributed by atoms with Crippen LogP contribution in [0.5, 0.6) is 0 Å². The molecule has 1 aliphatic rings. The first kappa shape index (κ1) is 19.2. The van der Waals surface area contributed by atoms with Crippen LogP contribution >= 0.6 is 0 Å². The van der Waals surface area contributed by atoms with Gasteiger partial charge in [0, 0.05) is 11.5 Å². The highest BCUT2D eigenvalue weighted by atomic mass is 16.5. The van der Waals surface area contributed by atoms with Gasteiger partial charge in [-0.15, -0.1) is 0 Å². The van der Waals surface area contributed by atoms with Gasteiger partial charge in [0.2, 0.25) is 0 Å². The molecular formula is C20H27NO4. The van der Waals surface area contributed by atoms with Gasteiger partial charge >= 0.3 is 5.97 Å². The molecule has 1 aliphatic carbocycles. The van der Waals surface area contributed by atoms with E-state index < -0.39 is 17.9 Å². The maximum absolute atomic E-state index is 12.8. The van der Waals surface area contributed by atoms with E-state index in [-0.39, 0.29) is 17.8 Å². The summed E-state index contributed by atoms with van der Waals surface area (Å²) in [5.74, 6) is -1.52. The zero-order valence-electron chi connectivity index (χ0n) is 15.2. The summed E-state index contributed by atoms with van der Waals surface area (Å²) >= 11 is 0. The number of carbonyl (C=O) groups excluding carboxylic acids is 3. The lowest BCUT2D eigenvalue weighted by molar-refractivity contribution is -0.153. The molecule has 0 spiro atoms. The number of amides is 1. The van der Waals surface area contributed by atoms with Crippen LogP contribution in [0.2, 0.25) is 0 Å².